The van der Waals surface area contributed by atoms with Gasteiger partial charge in [0.2, 0.25) is 0 Å². The number of ether oxygens (including phenoxy) is 2. The van der Waals surface area contributed by atoms with Gasteiger partial charge >= 0.3 is 5.97 Å². The minimum Gasteiger partial charge on any atom is -0.495 e. The van der Waals surface area contributed by atoms with E-state index < -0.39 is 16.4 Å². The van der Waals surface area contributed by atoms with E-state index in [1.54, 1.807) is 7.11 Å². The summed E-state index contributed by atoms with van der Waals surface area (Å²) in [5.74, 6) is 0.0318. The number of benzene rings is 1. The third kappa shape index (κ3) is 1.85. The Morgan fingerprint density at radius 3 is 2.48 bits per heavy atom. The lowest BCUT2D eigenvalue weighted by atomic mass is 9.66. The lowest BCUT2D eigenvalue weighted by Gasteiger charge is -2.35. The van der Waals surface area contributed by atoms with Crippen LogP contribution in [0.4, 0.5) is 5.69 Å². The average molecular weight is 317 g/mol. The van der Waals surface area contributed by atoms with E-state index in [0.29, 0.717) is 24.3 Å². The molecule has 5 heteroatoms. The Morgan fingerprint density at radius 1 is 1.26 bits per heavy atom. The second kappa shape index (κ2) is 4.73. The van der Waals surface area contributed by atoms with Crippen molar-refractivity contribution >= 4 is 17.6 Å². The highest BCUT2D eigenvalue weighted by Gasteiger charge is 2.75. The molecule has 2 bridgehead atoms. The Hall–Kier alpha value is -2.04. The summed E-state index contributed by atoms with van der Waals surface area (Å²) in [6.45, 7) is 7.72. The Morgan fingerprint density at radius 2 is 1.96 bits per heavy atom. The van der Waals surface area contributed by atoms with Crippen LogP contribution < -0.4 is 10.1 Å². The molecule has 124 valence electrons. The average Bonchev–Trinajstić information content (AvgIpc) is 2.78. The summed E-state index contributed by atoms with van der Waals surface area (Å²) in [5, 5.41) is 2.91. The van der Waals surface area contributed by atoms with Crippen molar-refractivity contribution in [1.29, 1.82) is 0 Å². The van der Waals surface area contributed by atoms with Crippen molar-refractivity contribution in [2.45, 2.75) is 46.1 Å². The number of hydrogen-bond acceptors (Lipinski definition) is 4. The van der Waals surface area contributed by atoms with Crippen molar-refractivity contribution in [3.8, 4) is 5.75 Å². The van der Waals surface area contributed by atoms with Gasteiger partial charge in [-0.05, 0) is 44.4 Å². The molecule has 0 aromatic heterocycles. The lowest BCUT2D eigenvalue weighted by Crippen LogP contribution is -2.50. The number of carbonyl (C=O) groups is 2. The van der Waals surface area contributed by atoms with Crippen LogP contribution in [-0.4, -0.2) is 24.6 Å². The molecular formula is C18H23NO4. The molecule has 1 aliphatic heterocycles. The van der Waals surface area contributed by atoms with Crippen molar-refractivity contribution in [2.24, 2.45) is 10.8 Å². The minimum absolute atomic E-state index is 0.277. The highest BCUT2D eigenvalue weighted by Crippen LogP contribution is 2.65. The van der Waals surface area contributed by atoms with E-state index >= 15 is 0 Å². The second-order valence-corrected chi connectivity index (χ2v) is 7.33. The van der Waals surface area contributed by atoms with E-state index in [-0.39, 0.29) is 11.9 Å². The largest absolute Gasteiger partial charge is 0.495 e. The van der Waals surface area contributed by atoms with Crippen LogP contribution in [0.25, 0.3) is 0 Å². The third-order valence-corrected chi connectivity index (χ3v) is 6.05. The predicted octanol–water partition coefficient (Wildman–Crippen LogP) is 3.06. The molecule has 1 heterocycles. The van der Waals surface area contributed by atoms with Crippen LogP contribution in [0.15, 0.2) is 18.2 Å². The number of aryl methyl sites for hydroxylation is 1. The summed E-state index contributed by atoms with van der Waals surface area (Å²) in [7, 11) is 1.56. The summed E-state index contributed by atoms with van der Waals surface area (Å²) >= 11 is 0. The van der Waals surface area contributed by atoms with E-state index in [2.05, 4.69) is 5.32 Å². The predicted molar refractivity (Wildman–Crippen MR) is 86.3 cm³/mol. The number of rotatable bonds is 3. The number of methoxy groups -OCH3 is 1. The van der Waals surface area contributed by atoms with Gasteiger partial charge in [0.05, 0.1) is 18.2 Å². The second-order valence-electron chi connectivity index (χ2n) is 7.33. The molecule has 3 rings (SSSR count). The normalized spacial score (nSPS) is 30.9. The first kappa shape index (κ1) is 15.8. The number of amides is 1. The number of anilines is 1. The van der Waals surface area contributed by atoms with Gasteiger partial charge < -0.3 is 14.8 Å². The first-order valence-electron chi connectivity index (χ1n) is 7.87. The van der Waals surface area contributed by atoms with E-state index in [9.17, 15) is 9.59 Å². The topological polar surface area (TPSA) is 64.6 Å². The van der Waals surface area contributed by atoms with Gasteiger partial charge in [0.25, 0.3) is 5.91 Å². The van der Waals surface area contributed by atoms with Crippen molar-refractivity contribution in [3.63, 3.8) is 0 Å². The molecule has 1 aliphatic carbocycles. The van der Waals surface area contributed by atoms with Gasteiger partial charge in [-0.15, -0.1) is 0 Å². The zero-order valence-corrected chi connectivity index (χ0v) is 14.3. The van der Waals surface area contributed by atoms with Crippen LogP contribution in [0.2, 0.25) is 0 Å². The Bertz CT molecular complexity index is 696. The van der Waals surface area contributed by atoms with E-state index in [0.717, 1.165) is 5.56 Å². The van der Waals surface area contributed by atoms with Crippen molar-refractivity contribution in [3.05, 3.63) is 23.8 Å². The van der Waals surface area contributed by atoms with Crippen LogP contribution in [0.5, 0.6) is 5.75 Å². The molecule has 2 aliphatic rings. The zero-order chi connectivity index (χ0) is 17.0. The molecule has 1 amide bonds. The maximum absolute atomic E-state index is 13.0. The molecule has 1 aromatic rings. The maximum Gasteiger partial charge on any atom is 0.313 e. The molecule has 23 heavy (non-hydrogen) atoms. The summed E-state index contributed by atoms with van der Waals surface area (Å²) in [5.41, 5.74) is -0.677. The fourth-order valence-corrected chi connectivity index (χ4v) is 3.89. The van der Waals surface area contributed by atoms with Crippen molar-refractivity contribution in [2.75, 3.05) is 12.4 Å². The molecule has 2 fully saturated rings. The first-order chi connectivity index (χ1) is 10.7. The van der Waals surface area contributed by atoms with Gasteiger partial charge in [-0.2, -0.15) is 0 Å². The molecule has 0 radical (unpaired) electrons. The van der Waals surface area contributed by atoms with Gasteiger partial charge in [-0.1, -0.05) is 19.9 Å². The highest BCUT2D eigenvalue weighted by atomic mass is 16.6. The zero-order valence-electron chi connectivity index (χ0n) is 14.3. The standard InChI is InChI=1S/C18H23NO4/c1-11-6-7-13(22-5)12(10-11)19-14(20)18-9-8-17(4,15(21)23-18)16(18,2)3/h6-7,10H,8-9H2,1-5H3,(H,19,20)/t17-,18-/m1/s1. The Balaban J connectivity index is 1.96. The van der Waals surface area contributed by atoms with Gasteiger partial charge in [0, 0.05) is 5.41 Å². The first-order valence-corrected chi connectivity index (χ1v) is 7.87. The molecule has 1 aromatic carbocycles. The van der Waals surface area contributed by atoms with E-state index in [1.807, 2.05) is 45.9 Å². The molecule has 1 saturated carbocycles. The van der Waals surface area contributed by atoms with Crippen molar-refractivity contribution < 1.29 is 19.1 Å². The number of fused-ring (bicyclic) bond motifs is 2. The van der Waals surface area contributed by atoms with E-state index in [4.69, 9.17) is 9.47 Å². The van der Waals surface area contributed by atoms with Crippen LogP contribution in [0.3, 0.4) is 0 Å². The summed E-state index contributed by atoms with van der Waals surface area (Å²) in [6, 6.07) is 5.58. The molecular weight excluding hydrogens is 294 g/mol. The summed E-state index contributed by atoms with van der Waals surface area (Å²) in [4.78, 5) is 25.3. The fourth-order valence-electron chi connectivity index (χ4n) is 3.89. The maximum atomic E-state index is 13.0. The SMILES string of the molecule is COc1ccc(C)cc1NC(=O)[C@@]12CC[C@](C)(C(=O)O1)C2(C)C. The number of hydrogen-bond donors (Lipinski definition) is 1. The highest BCUT2D eigenvalue weighted by molar-refractivity contribution is 6.04. The minimum atomic E-state index is -1.12. The molecule has 5 nitrogen and oxygen atoms in total. The molecule has 0 unspecified atom stereocenters. The molecule has 2 atom stereocenters. The summed E-state index contributed by atoms with van der Waals surface area (Å²) < 4.78 is 10.9. The summed E-state index contributed by atoms with van der Waals surface area (Å²) in [6.07, 6.45) is 1.21. The van der Waals surface area contributed by atoms with Crippen LogP contribution in [0.1, 0.15) is 39.2 Å². The number of esters is 1. The quantitative estimate of drug-likeness (QED) is 0.870. The number of nitrogens with one attached hydrogen (secondary N) is 1. The third-order valence-electron chi connectivity index (χ3n) is 6.05. The Labute approximate surface area is 136 Å². The van der Waals surface area contributed by atoms with E-state index in [1.165, 1.54) is 0 Å². The van der Waals surface area contributed by atoms with Crippen LogP contribution in [-0.2, 0) is 14.3 Å². The monoisotopic (exact) mass is 317 g/mol. The van der Waals surface area contributed by atoms with Gasteiger partial charge in [-0.25, -0.2) is 0 Å². The van der Waals surface area contributed by atoms with Gasteiger partial charge in [0.1, 0.15) is 5.75 Å². The lowest BCUT2D eigenvalue weighted by molar-refractivity contribution is -0.165. The van der Waals surface area contributed by atoms with Crippen molar-refractivity contribution in [1.82, 2.24) is 0 Å². The van der Waals surface area contributed by atoms with Gasteiger partial charge in [0.15, 0.2) is 5.60 Å². The number of carbonyl (C=O) groups excluding carboxylic acids is 2. The van der Waals surface area contributed by atoms with Crippen LogP contribution in [0, 0.1) is 17.8 Å². The molecule has 1 saturated heterocycles. The molecule has 0 spiro atoms. The smallest absolute Gasteiger partial charge is 0.313 e. The Kier molecular flexibility index (Phi) is 3.26. The van der Waals surface area contributed by atoms with Crippen LogP contribution >= 0.6 is 0 Å². The fraction of sp³-hybridized carbons (Fsp3) is 0.556. The molecule has 1 N–H and O–H groups in total. The van der Waals surface area contributed by atoms with Gasteiger partial charge in [-0.3, -0.25) is 9.59 Å².